The Hall–Kier alpha value is -0.480. The Kier molecular flexibility index (Phi) is 6.40. The number of carbonyl (C=O) groups excluding carboxylic acids is 1. The van der Waals surface area contributed by atoms with Crippen molar-refractivity contribution in [2.75, 3.05) is 20.1 Å². The molecule has 1 aromatic carbocycles. The van der Waals surface area contributed by atoms with Gasteiger partial charge >= 0.3 is 0 Å². The van der Waals surface area contributed by atoms with Gasteiger partial charge in [0.1, 0.15) is 0 Å². The summed E-state index contributed by atoms with van der Waals surface area (Å²) >= 11 is 11.9. The number of amides is 1. The lowest BCUT2D eigenvalue weighted by atomic mass is 10.1. The van der Waals surface area contributed by atoms with E-state index < -0.39 is 0 Å². The summed E-state index contributed by atoms with van der Waals surface area (Å²) in [6.07, 6.45) is 2.08. The summed E-state index contributed by atoms with van der Waals surface area (Å²) in [5.74, 6) is -0.00517. The van der Waals surface area contributed by atoms with Crippen LogP contribution in [-0.4, -0.2) is 37.0 Å². The van der Waals surface area contributed by atoms with E-state index in [0.717, 1.165) is 25.9 Å². The Balaban J connectivity index is 0.00000180. The molecule has 19 heavy (non-hydrogen) atoms. The van der Waals surface area contributed by atoms with E-state index in [0.29, 0.717) is 15.6 Å². The second-order valence-corrected chi connectivity index (χ2v) is 5.32. The van der Waals surface area contributed by atoms with Crippen LogP contribution >= 0.6 is 35.6 Å². The third kappa shape index (κ3) is 3.76. The van der Waals surface area contributed by atoms with Crippen LogP contribution in [0.2, 0.25) is 10.0 Å². The van der Waals surface area contributed by atoms with Crippen LogP contribution in [-0.2, 0) is 0 Å². The molecule has 106 valence electrons. The molecule has 0 radical (unpaired) electrons. The highest BCUT2D eigenvalue weighted by atomic mass is 35.5. The summed E-state index contributed by atoms with van der Waals surface area (Å²) in [6, 6.07) is 5.26. The van der Waals surface area contributed by atoms with Gasteiger partial charge in [-0.2, -0.15) is 0 Å². The quantitative estimate of drug-likeness (QED) is 0.926. The lowest BCUT2D eigenvalue weighted by molar-refractivity contribution is 0.0737. The molecule has 0 bridgehead atoms. The fourth-order valence-electron chi connectivity index (χ4n) is 2.37. The summed E-state index contributed by atoms with van der Waals surface area (Å²) in [4.78, 5) is 14.3. The zero-order valence-electron chi connectivity index (χ0n) is 10.7. The number of halogens is 3. The maximum atomic E-state index is 12.4. The molecule has 1 amide bonds. The van der Waals surface area contributed by atoms with Crippen LogP contribution in [0.5, 0.6) is 0 Å². The highest BCUT2D eigenvalue weighted by molar-refractivity contribution is 6.36. The Morgan fingerprint density at radius 2 is 2.21 bits per heavy atom. The molecule has 1 N–H and O–H groups in total. The molecule has 1 heterocycles. The monoisotopic (exact) mass is 322 g/mol. The molecule has 0 saturated carbocycles. The smallest absolute Gasteiger partial charge is 0.255 e. The molecule has 0 spiro atoms. The predicted octanol–water partition coefficient (Wildman–Crippen LogP) is 3.24. The van der Waals surface area contributed by atoms with E-state index in [-0.39, 0.29) is 24.4 Å². The second kappa shape index (κ2) is 7.34. The zero-order chi connectivity index (χ0) is 13.1. The van der Waals surface area contributed by atoms with Crippen LogP contribution in [0.3, 0.4) is 0 Å². The number of nitrogens with zero attached hydrogens (tertiary/aromatic N) is 1. The van der Waals surface area contributed by atoms with Gasteiger partial charge in [-0.1, -0.05) is 23.2 Å². The van der Waals surface area contributed by atoms with Gasteiger partial charge in [0, 0.05) is 24.2 Å². The minimum absolute atomic E-state index is 0. The van der Waals surface area contributed by atoms with Gasteiger partial charge in [0.25, 0.3) is 5.91 Å². The average Bonchev–Trinajstić information content (AvgIpc) is 2.77. The van der Waals surface area contributed by atoms with Crippen molar-refractivity contribution in [3.63, 3.8) is 0 Å². The highest BCUT2D eigenvalue weighted by Gasteiger charge is 2.29. The van der Waals surface area contributed by atoms with Crippen molar-refractivity contribution in [3.8, 4) is 0 Å². The maximum absolute atomic E-state index is 12.4. The van der Waals surface area contributed by atoms with E-state index in [2.05, 4.69) is 5.32 Å². The molecule has 1 aliphatic heterocycles. The molecule has 1 aromatic rings. The first-order valence-electron chi connectivity index (χ1n) is 6.04. The zero-order valence-corrected chi connectivity index (χ0v) is 13.0. The van der Waals surface area contributed by atoms with Crippen LogP contribution in [0.15, 0.2) is 18.2 Å². The largest absolute Gasteiger partial charge is 0.334 e. The lowest BCUT2D eigenvalue weighted by Gasteiger charge is -2.25. The Morgan fingerprint density at radius 3 is 2.84 bits per heavy atom. The molecule has 1 saturated heterocycles. The molecule has 1 unspecified atom stereocenters. The molecule has 3 nitrogen and oxygen atoms in total. The van der Waals surface area contributed by atoms with Crippen molar-refractivity contribution in [1.29, 1.82) is 0 Å². The van der Waals surface area contributed by atoms with Crippen molar-refractivity contribution in [1.82, 2.24) is 10.2 Å². The van der Waals surface area contributed by atoms with Crippen molar-refractivity contribution >= 4 is 41.5 Å². The number of likely N-dealkylation sites (N-methyl/N-ethyl adjacent to an activating group) is 1. The molecule has 1 atom stereocenters. The molecule has 1 fully saturated rings. The molecule has 0 aromatic heterocycles. The highest BCUT2D eigenvalue weighted by Crippen LogP contribution is 2.25. The fourth-order valence-corrected chi connectivity index (χ4v) is 2.86. The van der Waals surface area contributed by atoms with E-state index in [4.69, 9.17) is 23.2 Å². The van der Waals surface area contributed by atoms with Gasteiger partial charge in [-0.15, -0.1) is 12.4 Å². The van der Waals surface area contributed by atoms with Crippen LogP contribution in [0, 0.1) is 0 Å². The summed E-state index contributed by atoms with van der Waals surface area (Å²) in [7, 11) is 1.90. The van der Waals surface area contributed by atoms with Crippen LogP contribution < -0.4 is 5.32 Å². The fraction of sp³-hybridized carbons (Fsp3) is 0.462. The molecular formula is C13H17Cl3N2O. The minimum atomic E-state index is -0.00517. The second-order valence-electron chi connectivity index (χ2n) is 4.48. The summed E-state index contributed by atoms with van der Waals surface area (Å²) in [5, 5.41) is 4.09. The van der Waals surface area contributed by atoms with Crippen LogP contribution in [0.25, 0.3) is 0 Å². The first-order valence-corrected chi connectivity index (χ1v) is 6.79. The first-order chi connectivity index (χ1) is 8.63. The molecule has 2 rings (SSSR count). The normalized spacial score (nSPS) is 18.3. The van der Waals surface area contributed by atoms with Crippen LogP contribution in [0.4, 0.5) is 0 Å². The Bertz CT molecular complexity index is 454. The van der Waals surface area contributed by atoms with E-state index in [1.807, 2.05) is 11.9 Å². The van der Waals surface area contributed by atoms with Gasteiger partial charge < -0.3 is 10.2 Å². The lowest BCUT2D eigenvalue weighted by Crippen LogP contribution is -2.40. The van der Waals surface area contributed by atoms with Crippen molar-refractivity contribution in [2.24, 2.45) is 0 Å². The SMILES string of the molecule is CNCC1CCCN1C(=O)c1ccc(Cl)cc1Cl.Cl. The van der Waals surface area contributed by atoms with Gasteiger partial charge in [0.05, 0.1) is 10.6 Å². The molecular weight excluding hydrogens is 307 g/mol. The molecule has 1 aliphatic rings. The van der Waals surface area contributed by atoms with Gasteiger partial charge in [-0.3, -0.25) is 4.79 Å². The standard InChI is InChI=1S/C13H16Cl2N2O.ClH/c1-16-8-10-3-2-6-17(10)13(18)11-5-4-9(14)7-12(11)15;/h4-5,7,10,16H,2-3,6,8H2,1H3;1H. The Labute approximate surface area is 129 Å². The predicted molar refractivity (Wildman–Crippen MR) is 81.7 cm³/mol. The third-order valence-corrected chi connectivity index (χ3v) is 3.79. The van der Waals surface area contributed by atoms with E-state index in [1.54, 1.807) is 18.2 Å². The Morgan fingerprint density at radius 1 is 1.47 bits per heavy atom. The van der Waals surface area contributed by atoms with E-state index in [1.165, 1.54) is 0 Å². The number of hydrogen-bond acceptors (Lipinski definition) is 2. The van der Waals surface area contributed by atoms with Crippen molar-refractivity contribution in [2.45, 2.75) is 18.9 Å². The average molecular weight is 324 g/mol. The molecule has 6 heteroatoms. The van der Waals surface area contributed by atoms with Crippen molar-refractivity contribution in [3.05, 3.63) is 33.8 Å². The molecule has 0 aliphatic carbocycles. The van der Waals surface area contributed by atoms with Gasteiger partial charge in [0.2, 0.25) is 0 Å². The first kappa shape index (κ1) is 16.6. The van der Waals surface area contributed by atoms with Gasteiger partial charge in [0.15, 0.2) is 0 Å². The minimum Gasteiger partial charge on any atom is -0.334 e. The van der Waals surface area contributed by atoms with Crippen molar-refractivity contribution < 1.29 is 4.79 Å². The van der Waals surface area contributed by atoms with Gasteiger partial charge in [-0.05, 0) is 38.1 Å². The third-order valence-electron chi connectivity index (χ3n) is 3.24. The van der Waals surface area contributed by atoms with E-state index in [9.17, 15) is 4.79 Å². The number of benzene rings is 1. The summed E-state index contributed by atoms with van der Waals surface area (Å²) in [5.41, 5.74) is 0.532. The van der Waals surface area contributed by atoms with Crippen LogP contribution in [0.1, 0.15) is 23.2 Å². The van der Waals surface area contributed by atoms with Gasteiger partial charge in [-0.25, -0.2) is 0 Å². The maximum Gasteiger partial charge on any atom is 0.255 e. The number of carbonyl (C=O) groups is 1. The summed E-state index contributed by atoms with van der Waals surface area (Å²) < 4.78 is 0. The van der Waals surface area contributed by atoms with E-state index >= 15 is 0 Å². The number of rotatable bonds is 3. The number of likely N-dealkylation sites (tertiary alicyclic amines) is 1. The number of nitrogens with one attached hydrogen (secondary N) is 1. The topological polar surface area (TPSA) is 32.3 Å². The number of hydrogen-bond donors (Lipinski definition) is 1. The summed E-state index contributed by atoms with van der Waals surface area (Å²) in [6.45, 7) is 1.61.